The number of ketones is 2. The number of hydrogen-bond acceptors (Lipinski definition) is 8. The molecular weight excluding hydrogens is 841 g/mol. The van der Waals surface area contributed by atoms with Crippen LogP contribution in [0.25, 0.3) is 0 Å². The van der Waals surface area contributed by atoms with E-state index < -0.39 is 15.2 Å². The Bertz CT molecular complexity index is 2570. The number of para-hydroxylation sites is 2. The fourth-order valence-corrected chi connectivity index (χ4v) is 9.31. The van der Waals surface area contributed by atoms with Crippen molar-refractivity contribution in [3.8, 4) is 0 Å². The third-order valence-corrected chi connectivity index (χ3v) is 12.6. The first-order valence-electron chi connectivity index (χ1n) is 19.0. The highest BCUT2D eigenvalue weighted by atomic mass is 35.5. The summed E-state index contributed by atoms with van der Waals surface area (Å²) in [5.41, 5.74) is 7.79. The fourth-order valence-electron chi connectivity index (χ4n) is 6.32. The quantitative estimate of drug-likeness (QED) is 0.0546. The van der Waals surface area contributed by atoms with E-state index in [-0.39, 0.29) is 23.9 Å². The van der Waals surface area contributed by atoms with E-state index in [4.69, 9.17) is 32.2 Å². The Hall–Kier alpha value is -4.86. The van der Waals surface area contributed by atoms with Crippen LogP contribution in [0.5, 0.6) is 0 Å². The molecule has 60 heavy (non-hydrogen) atoms. The van der Waals surface area contributed by atoms with Crippen LogP contribution in [0.4, 0.5) is 22.7 Å². The monoisotopic (exact) mass is 886 g/mol. The summed E-state index contributed by atoms with van der Waals surface area (Å²) < 4.78 is 35.2. The van der Waals surface area contributed by atoms with Crippen LogP contribution < -0.4 is 10.6 Å². The first kappa shape index (κ1) is 46.2. The molecule has 4 N–H and O–H groups in total. The zero-order chi connectivity index (χ0) is 43.5. The lowest BCUT2D eigenvalue weighted by Crippen LogP contribution is -2.05. The van der Waals surface area contributed by atoms with Crippen LogP contribution in [0.1, 0.15) is 67.9 Å². The van der Waals surface area contributed by atoms with Gasteiger partial charge in [0.05, 0.1) is 35.6 Å². The number of nitrogens with one attached hydrogen (secondary N) is 2. The highest BCUT2D eigenvalue weighted by Gasteiger charge is 2.26. The lowest BCUT2D eigenvalue weighted by atomic mass is 9.99. The molecule has 0 unspecified atom stereocenters. The maximum atomic E-state index is 13.0. The van der Waals surface area contributed by atoms with Crippen molar-refractivity contribution in [2.75, 3.05) is 23.8 Å². The molecule has 0 fully saturated rings. The summed E-state index contributed by atoms with van der Waals surface area (Å²) in [6, 6.07) is 39.4. The number of benzene rings is 6. The van der Waals surface area contributed by atoms with Crippen LogP contribution in [0.2, 0.25) is 10.0 Å². The molecule has 0 saturated heterocycles. The second kappa shape index (κ2) is 21.1. The normalized spacial score (nSPS) is 11.3. The molecule has 0 aromatic heterocycles. The number of carbonyl (C=O) groups excluding carboxylic acids is 2. The molecule has 312 valence electrons. The first-order chi connectivity index (χ1) is 28.6. The second-order valence-electron chi connectivity index (χ2n) is 13.7. The molecule has 10 nitrogen and oxygen atoms in total. The maximum absolute atomic E-state index is 13.0. The number of carbonyl (C=O) groups is 2. The highest BCUT2D eigenvalue weighted by molar-refractivity contribution is 7.53. The van der Waals surface area contributed by atoms with Gasteiger partial charge in [-0.05, 0) is 98.5 Å². The topological polar surface area (TPSA) is 151 Å². The van der Waals surface area contributed by atoms with Crippen LogP contribution in [-0.2, 0) is 30.5 Å². The average molecular weight is 888 g/mol. The molecule has 6 rings (SSSR count). The van der Waals surface area contributed by atoms with E-state index in [9.17, 15) is 28.5 Å². The molecule has 0 aliphatic heterocycles. The summed E-state index contributed by atoms with van der Waals surface area (Å²) in [5, 5.41) is 7.08. The van der Waals surface area contributed by atoms with Gasteiger partial charge in [0.15, 0.2) is 11.6 Å². The van der Waals surface area contributed by atoms with Gasteiger partial charge in [-0.3, -0.25) is 18.7 Å². The SMILES string of the molecule is CCOP(=O)(Cc1ccccc1Nc1ccc(C(=O)c2ccccc2C)c(Cl)c1)OCC.Cc1ccccc1C(=O)c1ccc(Nc2ccccc2CP(=O)(O)O)cc1Cl. The highest BCUT2D eigenvalue weighted by Crippen LogP contribution is 2.52. The van der Waals surface area contributed by atoms with E-state index in [1.165, 1.54) is 0 Å². The van der Waals surface area contributed by atoms with Gasteiger partial charge in [0.2, 0.25) is 0 Å². The van der Waals surface area contributed by atoms with Gasteiger partial charge in [-0.15, -0.1) is 0 Å². The molecule has 0 spiro atoms. The predicted molar refractivity (Wildman–Crippen MR) is 242 cm³/mol. The Morgan fingerprint density at radius 3 is 1.32 bits per heavy atom. The van der Waals surface area contributed by atoms with Gasteiger partial charge in [0.1, 0.15) is 0 Å². The minimum absolute atomic E-state index is 0.116. The summed E-state index contributed by atoms with van der Waals surface area (Å²) in [7, 11) is -7.45. The Labute approximate surface area is 360 Å². The van der Waals surface area contributed by atoms with Gasteiger partial charge in [-0.2, -0.15) is 0 Å². The number of halogens is 2. The molecule has 0 bridgehead atoms. The van der Waals surface area contributed by atoms with Crippen molar-refractivity contribution in [3.05, 3.63) is 188 Å². The van der Waals surface area contributed by atoms with Crippen LogP contribution >= 0.6 is 38.4 Å². The fraction of sp³-hybridized carbons (Fsp3) is 0.174. The molecule has 0 radical (unpaired) electrons. The van der Waals surface area contributed by atoms with Crippen molar-refractivity contribution in [1.82, 2.24) is 0 Å². The summed E-state index contributed by atoms with van der Waals surface area (Å²) >= 11 is 12.8. The third-order valence-electron chi connectivity index (χ3n) is 9.19. The van der Waals surface area contributed by atoms with Crippen molar-refractivity contribution >= 4 is 72.7 Å². The van der Waals surface area contributed by atoms with Crippen molar-refractivity contribution in [3.63, 3.8) is 0 Å². The van der Waals surface area contributed by atoms with Gasteiger partial charge < -0.3 is 29.5 Å². The maximum Gasteiger partial charge on any atom is 0.335 e. The first-order valence-corrected chi connectivity index (χ1v) is 23.3. The summed E-state index contributed by atoms with van der Waals surface area (Å²) in [6.45, 7) is 7.96. The molecule has 0 aliphatic rings. The number of anilines is 4. The van der Waals surface area contributed by atoms with E-state index in [1.807, 2.05) is 74.5 Å². The van der Waals surface area contributed by atoms with Crippen LogP contribution in [0.3, 0.4) is 0 Å². The molecule has 0 atom stereocenters. The van der Waals surface area contributed by atoms with Gasteiger partial charge in [-0.1, -0.05) is 108 Å². The summed E-state index contributed by atoms with van der Waals surface area (Å²) in [5.74, 6) is -0.272. The smallest absolute Gasteiger partial charge is 0.335 e. The second-order valence-corrected chi connectivity index (χ2v) is 18.2. The molecule has 0 saturated carbocycles. The Morgan fingerprint density at radius 2 is 0.933 bits per heavy atom. The van der Waals surface area contributed by atoms with Crippen LogP contribution in [-0.4, -0.2) is 34.6 Å². The molecule has 6 aromatic rings. The molecule has 0 heterocycles. The Kier molecular flexibility index (Phi) is 16.2. The van der Waals surface area contributed by atoms with Gasteiger partial charge in [0.25, 0.3) is 0 Å². The standard InChI is InChI=1S/C25H27ClNO4P.C21H19ClNO4P/c1-4-30-32(29,31-5-2)17-19-11-7-9-13-24(19)27-20-14-15-22(23(26)16-20)25(28)21-12-8-6-10-18(21)3;1-14-6-2-4-8-17(14)21(24)18-11-10-16(12-19(18)22)23-20-9-5-3-7-15(20)13-28(25,26)27/h6-16,27H,4-5,17H2,1-3H3;2-12,23H,13H2,1H3,(H2,25,26,27). The van der Waals surface area contributed by atoms with Crippen LogP contribution in [0, 0.1) is 13.8 Å². The van der Waals surface area contributed by atoms with E-state index in [0.29, 0.717) is 68.1 Å². The number of hydrogen-bond donors (Lipinski definition) is 4. The molecule has 0 amide bonds. The predicted octanol–water partition coefficient (Wildman–Crippen LogP) is 12.7. The molecule has 14 heteroatoms. The summed E-state index contributed by atoms with van der Waals surface area (Å²) in [6.07, 6.45) is -0.219. The average Bonchev–Trinajstić information content (AvgIpc) is 3.19. The lowest BCUT2D eigenvalue weighted by molar-refractivity contribution is 0.103. The summed E-state index contributed by atoms with van der Waals surface area (Å²) in [4.78, 5) is 44.2. The van der Waals surface area contributed by atoms with Crippen molar-refractivity contribution in [2.24, 2.45) is 0 Å². The van der Waals surface area contributed by atoms with Gasteiger partial charge >= 0.3 is 15.2 Å². The molecular formula is C46H46Cl2N2O8P2. The lowest BCUT2D eigenvalue weighted by Gasteiger charge is -2.19. The van der Waals surface area contributed by atoms with Crippen LogP contribution in [0.15, 0.2) is 133 Å². The minimum Gasteiger partial charge on any atom is -0.355 e. The zero-order valence-corrected chi connectivity index (χ0v) is 36.8. The third kappa shape index (κ3) is 12.6. The van der Waals surface area contributed by atoms with E-state index in [2.05, 4.69) is 10.6 Å². The van der Waals surface area contributed by atoms with Gasteiger partial charge in [0, 0.05) is 45.0 Å². The van der Waals surface area contributed by atoms with Crippen molar-refractivity contribution in [2.45, 2.75) is 40.0 Å². The van der Waals surface area contributed by atoms with Crippen molar-refractivity contribution < 1.29 is 37.6 Å². The van der Waals surface area contributed by atoms with E-state index in [0.717, 1.165) is 22.4 Å². The Balaban J connectivity index is 0.000000230. The molecule has 6 aromatic carbocycles. The zero-order valence-electron chi connectivity index (χ0n) is 33.5. The Morgan fingerprint density at radius 1 is 0.550 bits per heavy atom. The number of rotatable bonds is 16. The van der Waals surface area contributed by atoms with Crippen molar-refractivity contribution in [1.29, 1.82) is 0 Å². The largest absolute Gasteiger partial charge is 0.355 e. The van der Waals surface area contributed by atoms with E-state index >= 15 is 0 Å². The van der Waals surface area contributed by atoms with E-state index in [1.54, 1.807) is 86.6 Å². The number of aryl methyl sites for hydroxylation is 2. The van der Waals surface area contributed by atoms with Gasteiger partial charge in [-0.25, -0.2) is 0 Å². The minimum atomic E-state index is -4.20. The molecule has 0 aliphatic carbocycles.